The van der Waals surface area contributed by atoms with Crippen molar-refractivity contribution in [2.75, 3.05) is 11.9 Å². The van der Waals surface area contributed by atoms with E-state index in [1.54, 1.807) is 17.9 Å². The van der Waals surface area contributed by atoms with Crippen LogP contribution >= 0.6 is 0 Å². The van der Waals surface area contributed by atoms with Gasteiger partial charge in [0.1, 0.15) is 11.5 Å². The lowest BCUT2D eigenvalue weighted by Gasteiger charge is -2.35. The zero-order chi connectivity index (χ0) is 22.3. The number of aryl methyl sites for hydroxylation is 1. The molecule has 162 valence electrons. The molecule has 0 saturated carbocycles. The molecule has 9 heteroatoms. The van der Waals surface area contributed by atoms with Crippen molar-refractivity contribution in [2.24, 2.45) is 0 Å². The third-order valence-electron chi connectivity index (χ3n) is 5.75. The molecule has 4 rings (SSSR count). The number of aromatic amines is 1. The van der Waals surface area contributed by atoms with Crippen LogP contribution < -0.4 is 10.9 Å². The first-order valence-corrected chi connectivity index (χ1v) is 10.2. The standard InChI is InChI=1S/C22H24FN5O3/c1-12-13(2)24-20-11-18(26-28(20)21(12)30)19-6-4-5-9-27(19)22(31)16-10-15(23)7-8-17(16)25-14(3)29/h7-8,10-11,19,24H,4-6,9H2,1-3H3,(H,25,29)/t19-/m0/s1. The maximum atomic E-state index is 14.0. The van der Waals surface area contributed by atoms with Crippen LogP contribution in [0.2, 0.25) is 0 Å². The molecule has 1 saturated heterocycles. The zero-order valence-corrected chi connectivity index (χ0v) is 17.7. The molecule has 1 aliphatic heterocycles. The third-order valence-corrected chi connectivity index (χ3v) is 5.75. The summed E-state index contributed by atoms with van der Waals surface area (Å²) in [7, 11) is 0. The number of carbonyl (C=O) groups is 2. The van der Waals surface area contributed by atoms with Crippen molar-refractivity contribution in [1.29, 1.82) is 0 Å². The first kappa shape index (κ1) is 20.8. The van der Waals surface area contributed by atoms with E-state index in [1.807, 2.05) is 6.92 Å². The number of halogens is 1. The lowest BCUT2D eigenvalue weighted by Crippen LogP contribution is -2.39. The first-order valence-electron chi connectivity index (χ1n) is 10.2. The fourth-order valence-corrected chi connectivity index (χ4v) is 4.04. The number of likely N-dealkylation sites (tertiary alicyclic amines) is 1. The Morgan fingerprint density at radius 1 is 1.23 bits per heavy atom. The second-order valence-corrected chi connectivity index (χ2v) is 7.93. The van der Waals surface area contributed by atoms with Crippen molar-refractivity contribution in [3.63, 3.8) is 0 Å². The van der Waals surface area contributed by atoms with Crippen LogP contribution in [-0.4, -0.2) is 37.9 Å². The molecular formula is C22H24FN5O3. The van der Waals surface area contributed by atoms with Gasteiger partial charge < -0.3 is 15.2 Å². The van der Waals surface area contributed by atoms with Crippen LogP contribution in [-0.2, 0) is 4.79 Å². The molecule has 2 amide bonds. The highest BCUT2D eigenvalue weighted by molar-refractivity contribution is 6.03. The Morgan fingerprint density at radius 3 is 2.74 bits per heavy atom. The number of nitrogens with one attached hydrogen (secondary N) is 2. The van der Waals surface area contributed by atoms with Gasteiger partial charge in [0.2, 0.25) is 5.91 Å². The summed E-state index contributed by atoms with van der Waals surface area (Å²) in [5.74, 6) is -1.29. The van der Waals surface area contributed by atoms with Crippen LogP contribution in [0, 0.1) is 19.7 Å². The van der Waals surface area contributed by atoms with Gasteiger partial charge in [0.05, 0.1) is 23.0 Å². The summed E-state index contributed by atoms with van der Waals surface area (Å²) >= 11 is 0. The van der Waals surface area contributed by atoms with Crippen LogP contribution in [0.15, 0.2) is 29.1 Å². The summed E-state index contributed by atoms with van der Waals surface area (Å²) in [4.78, 5) is 42.4. The van der Waals surface area contributed by atoms with E-state index in [-0.39, 0.29) is 34.7 Å². The lowest BCUT2D eigenvalue weighted by molar-refractivity contribution is -0.114. The van der Waals surface area contributed by atoms with E-state index >= 15 is 0 Å². The maximum absolute atomic E-state index is 14.0. The Morgan fingerprint density at radius 2 is 2.00 bits per heavy atom. The molecule has 3 heterocycles. The number of rotatable bonds is 3. The minimum Gasteiger partial charge on any atom is -0.343 e. The molecule has 8 nitrogen and oxygen atoms in total. The van der Waals surface area contributed by atoms with E-state index in [0.29, 0.717) is 29.9 Å². The van der Waals surface area contributed by atoms with Gasteiger partial charge in [0.15, 0.2) is 0 Å². The van der Waals surface area contributed by atoms with Gasteiger partial charge in [0, 0.05) is 30.8 Å². The number of nitrogens with zero attached hydrogens (tertiary/aromatic N) is 3. The minimum absolute atomic E-state index is 0.0913. The summed E-state index contributed by atoms with van der Waals surface area (Å²) in [6.45, 7) is 5.37. The highest BCUT2D eigenvalue weighted by atomic mass is 19.1. The predicted molar refractivity (Wildman–Crippen MR) is 114 cm³/mol. The molecule has 1 aromatic carbocycles. The minimum atomic E-state index is -0.560. The van der Waals surface area contributed by atoms with Crippen molar-refractivity contribution in [2.45, 2.75) is 46.1 Å². The summed E-state index contributed by atoms with van der Waals surface area (Å²) in [5, 5.41) is 7.09. The third kappa shape index (κ3) is 3.83. The Hall–Kier alpha value is -3.49. The summed E-state index contributed by atoms with van der Waals surface area (Å²) in [6, 6.07) is 5.15. The van der Waals surface area contributed by atoms with E-state index in [9.17, 15) is 18.8 Å². The molecule has 1 atom stereocenters. The summed E-state index contributed by atoms with van der Waals surface area (Å²) in [6.07, 6.45) is 2.38. The average molecular weight is 425 g/mol. The molecule has 2 N–H and O–H groups in total. The van der Waals surface area contributed by atoms with Crippen molar-refractivity contribution in [3.05, 3.63) is 63.0 Å². The molecule has 0 radical (unpaired) electrons. The molecule has 31 heavy (non-hydrogen) atoms. The Bertz CT molecular complexity index is 1250. The van der Waals surface area contributed by atoms with Crippen LogP contribution in [0.4, 0.5) is 10.1 Å². The number of H-pyrrole nitrogens is 1. The second-order valence-electron chi connectivity index (χ2n) is 7.93. The van der Waals surface area contributed by atoms with Gasteiger partial charge >= 0.3 is 0 Å². The number of amides is 2. The Kier molecular flexibility index (Phi) is 5.34. The number of aromatic nitrogens is 3. The normalized spacial score (nSPS) is 16.5. The fourth-order valence-electron chi connectivity index (χ4n) is 4.04. The van der Waals surface area contributed by atoms with Gasteiger partial charge in [-0.2, -0.15) is 9.61 Å². The molecule has 2 aromatic heterocycles. The van der Waals surface area contributed by atoms with Crippen LogP contribution in [0.1, 0.15) is 59.5 Å². The SMILES string of the molecule is CC(=O)Nc1ccc(F)cc1C(=O)N1CCCC[C@H]1c1cc2[nH]c(C)c(C)c(=O)n2n1. The van der Waals surface area contributed by atoms with Crippen LogP contribution in [0.3, 0.4) is 0 Å². The Balaban J connectivity index is 1.75. The monoisotopic (exact) mass is 425 g/mol. The van der Waals surface area contributed by atoms with Crippen molar-refractivity contribution in [1.82, 2.24) is 19.5 Å². The molecular weight excluding hydrogens is 401 g/mol. The van der Waals surface area contributed by atoms with E-state index in [0.717, 1.165) is 24.6 Å². The summed E-state index contributed by atoms with van der Waals surface area (Å²) < 4.78 is 15.3. The molecule has 0 bridgehead atoms. The summed E-state index contributed by atoms with van der Waals surface area (Å²) in [5.41, 5.74) is 2.66. The number of piperidine rings is 1. The fraction of sp³-hybridized carbons (Fsp3) is 0.364. The smallest absolute Gasteiger partial charge is 0.277 e. The largest absolute Gasteiger partial charge is 0.343 e. The number of hydrogen-bond donors (Lipinski definition) is 2. The average Bonchev–Trinajstić information content (AvgIpc) is 3.16. The van der Waals surface area contributed by atoms with Crippen molar-refractivity contribution < 1.29 is 14.0 Å². The van der Waals surface area contributed by atoms with Crippen molar-refractivity contribution in [3.8, 4) is 0 Å². The molecule has 0 spiro atoms. The van der Waals surface area contributed by atoms with E-state index in [1.165, 1.54) is 23.6 Å². The predicted octanol–water partition coefficient (Wildman–Crippen LogP) is 3.10. The topological polar surface area (TPSA) is 99.6 Å². The quantitative estimate of drug-likeness (QED) is 0.674. The first-order chi connectivity index (χ1) is 14.8. The van der Waals surface area contributed by atoms with Gasteiger partial charge in [0.25, 0.3) is 11.5 Å². The van der Waals surface area contributed by atoms with E-state index < -0.39 is 5.82 Å². The number of carbonyl (C=O) groups excluding carboxylic acids is 2. The maximum Gasteiger partial charge on any atom is 0.277 e. The second kappa shape index (κ2) is 7.98. The Labute approximate surface area is 178 Å². The molecule has 0 aliphatic carbocycles. The molecule has 3 aromatic rings. The highest BCUT2D eigenvalue weighted by Crippen LogP contribution is 2.33. The number of benzene rings is 1. The number of hydrogen-bond acceptors (Lipinski definition) is 4. The van der Waals surface area contributed by atoms with E-state index in [4.69, 9.17) is 0 Å². The molecule has 1 aliphatic rings. The van der Waals surface area contributed by atoms with Gasteiger partial charge in [-0.25, -0.2) is 4.39 Å². The van der Waals surface area contributed by atoms with Gasteiger partial charge in [-0.15, -0.1) is 0 Å². The highest BCUT2D eigenvalue weighted by Gasteiger charge is 2.32. The number of anilines is 1. The number of fused-ring (bicyclic) bond motifs is 1. The van der Waals surface area contributed by atoms with Crippen LogP contribution in [0.25, 0.3) is 5.65 Å². The van der Waals surface area contributed by atoms with E-state index in [2.05, 4.69) is 15.4 Å². The van der Waals surface area contributed by atoms with Gasteiger partial charge in [-0.05, 0) is 51.3 Å². The van der Waals surface area contributed by atoms with Crippen molar-refractivity contribution >= 4 is 23.1 Å². The van der Waals surface area contributed by atoms with Crippen LogP contribution in [0.5, 0.6) is 0 Å². The van der Waals surface area contributed by atoms with Gasteiger partial charge in [-0.1, -0.05) is 0 Å². The molecule has 0 unspecified atom stereocenters. The lowest BCUT2D eigenvalue weighted by atomic mass is 9.97. The van der Waals surface area contributed by atoms with Gasteiger partial charge in [-0.3, -0.25) is 14.4 Å². The molecule has 1 fully saturated rings. The zero-order valence-electron chi connectivity index (χ0n) is 17.7.